The van der Waals surface area contributed by atoms with Crippen molar-refractivity contribution < 1.29 is 0 Å². The zero-order valence-corrected chi connectivity index (χ0v) is 13.2. The van der Waals surface area contributed by atoms with Gasteiger partial charge in [-0.05, 0) is 18.9 Å². The van der Waals surface area contributed by atoms with Crippen molar-refractivity contribution in [2.24, 2.45) is 5.92 Å². The molecule has 2 heterocycles. The van der Waals surface area contributed by atoms with Crippen molar-refractivity contribution in [3.8, 4) is 10.7 Å². The summed E-state index contributed by atoms with van der Waals surface area (Å²) in [4.78, 5) is 14.5. The van der Waals surface area contributed by atoms with E-state index in [1.165, 1.54) is 10.6 Å². The summed E-state index contributed by atoms with van der Waals surface area (Å²) in [5, 5.41) is 4.47. The lowest BCUT2D eigenvalue weighted by molar-refractivity contribution is 0.553. The Bertz CT molecular complexity index is 522. The van der Waals surface area contributed by atoms with Crippen molar-refractivity contribution in [3.05, 3.63) is 29.2 Å². The van der Waals surface area contributed by atoms with Crippen LogP contribution < -0.4 is 5.32 Å². The number of hydrogen-bond donors (Lipinski definition) is 1. The molecule has 5 heteroatoms. The van der Waals surface area contributed by atoms with Crippen LogP contribution in [0.1, 0.15) is 37.8 Å². The minimum atomic E-state index is 0.664. The first kappa shape index (κ1) is 15.1. The summed E-state index contributed by atoms with van der Waals surface area (Å²) in [5.74, 6) is 0.664. The number of nitrogens with one attached hydrogen (secondary N) is 1. The van der Waals surface area contributed by atoms with E-state index in [0.29, 0.717) is 5.92 Å². The van der Waals surface area contributed by atoms with Gasteiger partial charge < -0.3 is 5.32 Å². The average Bonchev–Trinajstić information content (AvgIpc) is 2.83. The van der Waals surface area contributed by atoms with Crippen LogP contribution in [-0.2, 0) is 13.0 Å². The average molecular weight is 290 g/mol. The molecule has 2 aromatic rings. The van der Waals surface area contributed by atoms with Gasteiger partial charge in [0.15, 0.2) is 0 Å². The van der Waals surface area contributed by atoms with Crippen LogP contribution in [0.15, 0.2) is 18.6 Å². The fourth-order valence-electron chi connectivity index (χ4n) is 1.95. The van der Waals surface area contributed by atoms with E-state index in [4.69, 9.17) is 4.98 Å². The maximum Gasteiger partial charge on any atom is 0.144 e. The van der Waals surface area contributed by atoms with Gasteiger partial charge in [-0.3, -0.25) is 9.97 Å². The van der Waals surface area contributed by atoms with Gasteiger partial charge in [0.05, 0.1) is 11.9 Å². The maximum absolute atomic E-state index is 4.74. The molecule has 0 radical (unpaired) electrons. The van der Waals surface area contributed by atoms with Crippen molar-refractivity contribution in [1.29, 1.82) is 0 Å². The number of nitrogens with zero attached hydrogens (tertiary/aromatic N) is 3. The van der Waals surface area contributed by atoms with Gasteiger partial charge in [0.25, 0.3) is 0 Å². The molecule has 108 valence electrons. The van der Waals surface area contributed by atoms with E-state index in [0.717, 1.165) is 36.6 Å². The number of thiazole rings is 1. The number of hydrogen-bond acceptors (Lipinski definition) is 5. The highest BCUT2D eigenvalue weighted by Gasteiger charge is 2.12. The number of aryl methyl sites for hydroxylation is 1. The number of aromatic nitrogens is 3. The molecule has 0 fully saturated rings. The molecule has 4 nitrogen and oxygen atoms in total. The molecule has 0 aliphatic heterocycles. The lowest BCUT2D eigenvalue weighted by Crippen LogP contribution is -2.19. The minimum Gasteiger partial charge on any atom is -0.312 e. The quantitative estimate of drug-likeness (QED) is 0.850. The molecule has 0 unspecified atom stereocenters. The van der Waals surface area contributed by atoms with E-state index >= 15 is 0 Å². The van der Waals surface area contributed by atoms with Crippen LogP contribution in [0.2, 0.25) is 0 Å². The Hall–Kier alpha value is -1.33. The Labute approximate surface area is 124 Å². The highest BCUT2D eigenvalue weighted by molar-refractivity contribution is 7.15. The van der Waals surface area contributed by atoms with Crippen molar-refractivity contribution in [2.45, 2.75) is 40.2 Å². The largest absolute Gasteiger partial charge is 0.312 e. The summed E-state index contributed by atoms with van der Waals surface area (Å²) >= 11 is 1.73. The molecule has 0 aromatic carbocycles. The summed E-state index contributed by atoms with van der Waals surface area (Å²) in [6, 6.07) is 0. The SMILES string of the molecule is CCCc1nc(-c2cnccn2)sc1CNCC(C)C. The van der Waals surface area contributed by atoms with Crippen LogP contribution in [0, 0.1) is 5.92 Å². The van der Waals surface area contributed by atoms with Crippen LogP contribution in [0.3, 0.4) is 0 Å². The first-order valence-corrected chi connectivity index (χ1v) is 7.98. The Balaban J connectivity index is 2.15. The van der Waals surface area contributed by atoms with E-state index in [1.807, 2.05) is 0 Å². The Morgan fingerprint density at radius 1 is 1.30 bits per heavy atom. The maximum atomic E-state index is 4.74. The standard InChI is InChI=1S/C15H22N4S/c1-4-5-12-14(10-17-8-11(2)3)20-15(19-12)13-9-16-6-7-18-13/h6-7,9,11,17H,4-5,8,10H2,1-3H3. The minimum absolute atomic E-state index is 0.664. The summed E-state index contributed by atoms with van der Waals surface area (Å²) in [5.41, 5.74) is 2.07. The fraction of sp³-hybridized carbons (Fsp3) is 0.533. The Morgan fingerprint density at radius 2 is 2.15 bits per heavy atom. The predicted octanol–water partition coefficient (Wildman–Crippen LogP) is 3.30. The second-order valence-corrected chi connectivity index (χ2v) is 6.34. The zero-order valence-electron chi connectivity index (χ0n) is 12.4. The highest BCUT2D eigenvalue weighted by Crippen LogP contribution is 2.27. The molecule has 2 rings (SSSR count). The highest BCUT2D eigenvalue weighted by atomic mass is 32.1. The molecule has 0 bridgehead atoms. The monoisotopic (exact) mass is 290 g/mol. The van der Waals surface area contributed by atoms with Gasteiger partial charge >= 0.3 is 0 Å². The van der Waals surface area contributed by atoms with E-state index in [2.05, 4.69) is 36.1 Å². The molecule has 0 amide bonds. The Kier molecular flexibility index (Phi) is 5.61. The molecular formula is C15H22N4S. The summed E-state index contributed by atoms with van der Waals surface area (Å²) in [7, 11) is 0. The molecule has 0 saturated carbocycles. The van der Waals surface area contributed by atoms with Gasteiger partial charge in [-0.15, -0.1) is 11.3 Å². The van der Waals surface area contributed by atoms with E-state index < -0.39 is 0 Å². The second-order valence-electron chi connectivity index (χ2n) is 5.25. The first-order chi connectivity index (χ1) is 9.70. The van der Waals surface area contributed by atoms with Crippen LogP contribution in [-0.4, -0.2) is 21.5 Å². The zero-order chi connectivity index (χ0) is 14.4. The van der Waals surface area contributed by atoms with Crippen LogP contribution >= 0.6 is 11.3 Å². The molecular weight excluding hydrogens is 268 g/mol. The lowest BCUT2D eigenvalue weighted by Gasteiger charge is -2.06. The lowest BCUT2D eigenvalue weighted by atomic mass is 10.2. The van der Waals surface area contributed by atoms with Crippen LogP contribution in [0.4, 0.5) is 0 Å². The van der Waals surface area contributed by atoms with Crippen LogP contribution in [0.5, 0.6) is 0 Å². The molecule has 2 aromatic heterocycles. The predicted molar refractivity (Wildman–Crippen MR) is 83.7 cm³/mol. The molecule has 0 aliphatic carbocycles. The molecule has 20 heavy (non-hydrogen) atoms. The number of rotatable bonds is 7. The first-order valence-electron chi connectivity index (χ1n) is 7.16. The van der Waals surface area contributed by atoms with Gasteiger partial charge in [-0.25, -0.2) is 4.98 Å². The van der Waals surface area contributed by atoms with Gasteiger partial charge in [0.2, 0.25) is 0 Å². The van der Waals surface area contributed by atoms with E-state index in [9.17, 15) is 0 Å². The topological polar surface area (TPSA) is 50.7 Å². The molecule has 1 N–H and O–H groups in total. The van der Waals surface area contributed by atoms with Crippen molar-refractivity contribution in [3.63, 3.8) is 0 Å². The molecule has 0 aliphatic rings. The fourth-order valence-corrected chi connectivity index (χ4v) is 2.99. The van der Waals surface area contributed by atoms with Crippen molar-refractivity contribution in [1.82, 2.24) is 20.3 Å². The molecule has 0 atom stereocenters. The normalized spacial score (nSPS) is 11.2. The molecule has 0 saturated heterocycles. The third-order valence-electron chi connectivity index (χ3n) is 2.89. The van der Waals surface area contributed by atoms with E-state index in [1.54, 1.807) is 29.9 Å². The summed E-state index contributed by atoms with van der Waals surface area (Å²) < 4.78 is 0. The van der Waals surface area contributed by atoms with Gasteiger partial charge in [0.1, 0.15) is 10.7 Å². The third-order valence-corrected chi connectivity index (χ3v) is 4.01. The van der Waals surface area contributed by atoms with Crippen molar-refractivity contribution in [2.75, 3.05) is 6.54 Å². The molecule has 0 spiro atoms. The van der Waals surface area contributed by atoms with Gasteiger partial charge in [-0.2, -0.15) is 0 Å². The summed E-state index contributed by atoms with van der Waals surface area (Å²) in [6.07, 6.45) is 7.32. The smallest absolute Gasteiger partial charge is 0.144 e. The van der Waals surface area contributed by atoms with Crippen LogP contribution in [0.25, 0.3) is 10.7 Å². The van der Waals surface area contributed by atoms with Gasteiger partial charge in [0, 0.05) is 23.8 Å². The van der Waals surface area contributed by atoms with Gasteiger partial charge in [-0.1, -0.05) is 27.2 Å². The Morgan fingerprint density at radius 3 is 2.80 bits per heavy atom. The van der Waals surface area contributed by atoms with E-state index in [-0.39, 0.29) is 0 Å². The third kappa shape index (κ3) is 4.08. The second kappa shape index (κ2) is 7.45. The summed E-state index contributed by atoms with van der Waals surface area (Å²) in [6.45, 7) is 8.55. The van der Waals surface area contributed by atoms with Crippen molar-refractivity contribution >= 4 is 11.3 Å².